The number of carbonyl (C=O) groups is 1. The van der Waals surface area contributed by atoms with Crippen LogP contribution in [-0.2, 0) is 4.79 Å². The third-order valence-electron chi connectivity index (χ3n) is 6.47. The third kappa shape index (κ3) is 3.03. The lowest BCUT2D eigenvalue weighted by Crippen LogP contribution is -2.62. The van der Waals surface area contributed by atoms with Gasteiger partial charge in [0.15, 0.2) is 0 Å². The van der Waals surface area contributed by atoms with Gasteiger partial charge in [-0.25, -0.2) is 0 Å². The fraction of sp³-hybridized carbons (Fsp3) is 0.944. The third-order valence-corrected chi connectivity index (χ3v) is 6.47. The average molecular weight is 313 g/mol. The number of hydrogen-bond acceptors (Lipinski definition) is 1. The highest BCUT2D eigenvalue weighted by Crippen LogP contribution is 2.55. The van der Waals surface area contributed by atoms with E-state index in [-0.39, 0.29) is 23.8 Å². The topological polar surface area (TPSA) is 29.1 Å². The molecule has 0 spiro atoms. The van der Waals surface area contributed by atoms with Gasteiger partial charge in [0.1, 0.15) is 0 Å². The van der Waals surface area contributed by atoms with Gasteiger partial charge in [0.2, 0.25) is 0 Å². The van der Waals surface area contributed by atoms with Crippen LogP contribution in [0, 0.1) is 29.6 Å². The number of hydrogen-bond donors (Lipinski definition) is 1. The van der Waals surface area contributed by atoms with E-state index in [1.165, 1.54) is 19.3 Å². The largest absolute Gasteiger partial charge is 0.345 e. The van der Waals surface area contributed by atoms with Crippen molar-refractivity contribution in [2.24, 2.45) is 29.6 Å². The van der Waals surface area contributed by atoms with Crippen molar-refractivity contribution in [1.29, 1.82) is 0 Å². The first kappa shape index (κ1) is 16.2. The summed E-state index contributed by atoms with van der Waals surface area (Å²) < 4.78 is 28.6. The summed E-state index contributed by atoms with van der Waals surface area (Å²) in [6, 6.07) is 0. The molecular formula is C18H29F2NO. The minimum atomic E-state index is -3.24. The zero-order chi connectivity index (χ0) is 16.1. The Labute approximate surface area is 132 Å². The van der Waals surface area contributed by atoms with E-state index in [1.807, 2.05) is 13.8 Å². The molecule has 2 nitrogen and oxygen atoms in total. The van der Waals surface area contributed by atoms with Crippen LogP contribution in [0.3, 0.4) is 0 Å². The Kier molecular flexibility index (Phi) is 4.01. The second kappa shape index (κ2) is 5.45. The van der Waals surface area contributed by atoms with Crippen LogP contribution in [0.15, 0.2) is 0 Å². The summed E-state index contributed by atoms with van der Waals surface area (Å²) in [5.74, 6) is -2.32. The maximum absolute atomic E-state index is 14.3. The highest BCUT2D eigenvalue weighted by atomic mass is 19.3. The number of rotatable bonds is 5. The Balaban J connectivity index is 1.66. The quantitative estimate of drug-likeness (QED) is 0.801. The number of nitrogens with one attached hydrogen (secondary N) is 1. The van der Waals surface area contributed by atoms with Crippen LogP contribution in [0.5, 0.6) is 0 Å². The second-order valence-corrected chi connectivity index (χ2v) is 8.78. The maximum atomic E-state index is 14.3. The van der Waals surface area contributed by atoms with Gasteiger partial charge in [0, 0.05) is 12.0 Å². The molecule has 4 aliphatic carbocycles. The molecule has 4 saturated carbocycles. The molecule has 4 rings (SSSR count). The molecule has 4 bridgehead atoms. The highest BCUT2D eigenvalue weighted by molar-refractivity contribution is 5.84. The van der Waals surface area contributed by atoms with E-state index in [0.29, 0.717) is 17.8 Å². The van der Waals surface area contributed by atoms with E-state index in [0.717, 1.165) is 19.3 Å². The average Bonchev–Trinajstić information content (AvgIpc) is 2.35. The molecule has 1 atom stereocenters. The van der Waals surface area contributed by atoms with Gasteiger partial charge in [-0.2, -0.15) is 8.78 Å². The maximum Gasteiger partial charge on any atom is 0.324 e. The molecule has 126 valence electrons. The predicted molar refractivity (Wildman–Crippen MR) is 82.6 cm³/mol. The summed E-state index contributed by atoms with van der Waals surface area (Å²) in [6.45, 7) is 5.66. The van der Waals surface area contributed by atoms with Crippen LogP contribution in [0.2, 0.25) is 0 Å². The molecule has 0 saturated heterocycles. The molecule has 0 heterocycles. The van der Waals surface area contributed by atoms with Crippen molar-refractivity contribution < 1.29 is 13.6 Å². The van der Waals surface area contributed by atoms with Crippen molar-refractivity contribution in [3.8, 4) is 0 Å². The number of carbonyl (C=O) groups excluding carboxylic acids is 1. The number of halogens is 2. The van der Waals surface area contributed by atoms with Crippen LogP contribution in [0.1, 0.15) is 65.7 Å². The van der Waals surface area contributed by atoms with E-state index >= 15 is 0 Å². The van der Waals surface area contributed by atoms with Crippen LogP contribution >= 0.6 is 0 Å². The van der Waals surface area contributed by atoms with Crippen LogP contribution in [0.4, 0.5) is 8.78 Å². The molecule has 1 amide bonds. The molecular weight excluding hydrogens is 284 g/mol. The van der Waals surface area contributed by atoms with E-state index in [4.69, 9.17) is 0 Å². The molecule has 0 aromatic heterocycles. The zero-order valence-electron chi connectivity index (χ0n) is 14.0. The summed E-state index contributed by atoms with van der Waals surface area (Å²) in [4.78, 5) is 12.2. The predicted octanol–water partition coefficient (Wildman–Crippen LogP) is 4.39. The Morgan fingerprint density at radius 2 is 1.55 bits per heavy atom. The summed E-state index contributed by atoms with van der Waals surface area (Å²) in [7, 11) is 0. The van der Waals surface area contributed by atoms with Crippen molar-refractivity contribution >= 4 is 5.91 Å². The van der Waals surface area contributed by atoms with Gasteiger partial charge in [0.25, 0.3) is 5.91 Å². The van der Waals surface area contributed by atoms with Gasteiger partial charge >= 0.3 is 5.92 Å². The monoisotopic (exact) mass is 313 g/mol. The normalized spacial score (nSPS) is 38.4. The van der Waals surface area contributed by atoms with E-state index in [2.05, 4.69) is 5.32 Å². The van der Waals surface area contributed by atoms with E-state index in [1.54, 1.807) is 6.92 Å². The van der Waals surface area contributed by atoms with Gasteiger partial charge < -0.3 is 5.32 Å². The van der Waals surface area contributed by atoms with Crippen molar-refractivity contribution in [3.05, 3.63) is 0 Å². The first-order valence-corrected chi connectivity index (χ1v) is 8.89. The van der Waals surface area contributed by atoms with Crippen molar-refractivity contribution in [2.45, 2.75) is 77.2 Å². The number of alkyl halides is 2. The Hall–Kier alpha value is -0.670. The smallest absolute Gasteiger partial charge is 0.324 e. The molecule has 22 heavy (non-hydrogen) atoms. The summed E-state index contributed by atoms with van der Waals surface area (Å²) in [6.07, 6.45) is 6.15. The molecule has 4 fully saturated rings. The lowest BCUT2D eigenvalue weighted by molar-refractivity contribution is -0.154. The van der Waals surface area contributed by atoms with Crippen LogP contribution in [0.25, 0.3) is 0 Å². The molecule has 0 aromatic carbocycles. The standard InChI is InChI=1S/C18H29F2NO/c1-11(2)12(3)7-18(19,20)16(22)21-17-8-13-4-14(9-17)6-15(5-13)10-17/h11-15H,4-10H2,1-3H3,(H,21,22). The lowest BCUT2D eigenvalue weighted by Gasteiger charge is -2.57. The highest BCUT2D eigenvalue weighted by Gasteiger charge is 2.53. The Bertz CT molecular complexity index is 411. The Morgan fingerprint density at radius 1 is 1.09 bits per heavy atom. The molecule has 1 unspecified atom stereocenters. The van der Waals surface area contributed by atoms with Gasteiger partial charge in [-0.05, 0) is 68.1 Å². The zero-order valence-corrected chi connectivity index (χ0v) is 14.0. The van der Waals surface area contributed by atoms with Gasteiger partial charge in [0.05, 0.1) is 0 Å². The molecule has 0 aromatic rings. The van der Waals surface area contributed by atoms with Crippen molar-refractivity contribution in [3.63, 3.8) is 0 Å². The Morgan fingerprint density at radius 3 is 1.95 bits per heavy atom. The first-order chi connectivity index (χ1) is 10.2. The SMILES string of the molecule is CC(C)C(C)CC(F)(F)C(=O)NC12CC3CC(CC(C3)C1)C2. The van der Waals surface area contributed by atoms with Crippen LogP contribution in [-0.4, -0.2) is 17.4 Å². The fourth-order valence-electron chi connectivity index (χ4n) is 5.33. The first-order valence-electron chi connectivity index (χ1n) is 8.89. The van der Waals surface area contributed by atoms with Gasteiger partial charge in [-0.3, -0.25) is 4.79 Å². The molecule has 1 N–H and O–H groups in total. The summed E-state index contributed by atoms with van der Waals surface area (Å²) in [5, 5.41) is 2.82. The van der Waals surface area contributed by atoms with Crippen molar-refractivity contribution in [2.75, 3.05) is 0 Å². The molecule has 4 heteroatoms. The fourth-order valence-corrected chi connectivity index (χ4v) is 5.33. The molecule has 0 aliphatic heterocycles. The van der Waals surface area contributed by atoms with E-state index in [9.17, 15) is 13.6 Å². The lowest BCUT2D eigenvalue weighted by atomic mass is 9.53. The summed E-state index contributed by atoms with van der Waals surface area (Å²) >= 11 is 0. The van der Waals surface area contributed by atoms with E-state index < -0.39 is 11.8 Å². The van der Waals surface area contributed by atoms with Crippen LogP contribution < -0.4 is 5.32 Å². The second-order valence-electron chi connectivity index (χ2n) is 8.78. The minimum absolute atomic E-state index is 0.155. The van der Waals surface area contributed by atoms with Crippen molar-refractivity contribution in [1.82, 2.24) is 5.32 Å². The van der Waals surface area contributed by atoms with Gasteiger partial charge in [-0.15, -0.1) is 0 Å². The molecule has 4 aliphatic rings. The number of amides is 1. The minimum Gasteiger partial charge on any atom is -0.345 e. The molecule has 0 radical (unpaired) electrons. The van der Waals surface area contributed by atoms with Gasteiger partial charge in [-0.1, -0.05) is 20.8 Å². The summed E-state index contributed by atoms with van der Waals surface area (Å²) in [5.41, 5.74) is -0.323.